The van der Waals surface area contributed by atoms with Gasteiger partial charge in [-0.3, -0.25) is 0 Å². The van der Waals surface area contributed by atoms with Gasteiger partial charge in [0, 0.05) is 24.2 Å². The Hall–Kier alpha value is -1.24. The quantitative estimate of drug-likeness (QED) is 0.865. The van der Waals surface area contributed by atoms with E-state index in [1.807, 2.05) is 6.92 Å². The lowest BCUT2D eigenvalue weighted by molar-refractivity contribution is -0.0819. The van der Waals surface area contributed by atoms with Crippen LogP contribution in [0.1, 0.15) is 30.3 Å². The lowest BCUT2D eigenvalue weighted by Crippen LogP contribution is -2.34. The number of aromatic nitrogens is 2. The number of piperidine rings is 1. The number of hydrogen-bond acceptors (Lipinski definition) is 6. The zero-order valence-electron chi connectivity index (χ0n) is 12.6. The number of aryl methyl sites for hydroxylation is 1. The standard InChI is InChI=1S/C15H24N4O2/c1-11-18-14(12-2-4-16-5-3-12)8-15(19-11)17-9-13-10-20-6-7-21-13/h8,12-13,16H,2-7,9-10H2,1H3,(H,17,18,19)/t13-/m0/s1. The highest BCUT2D eigenvalue weighted by molar-refractivity contribution is 5.37. The highest BCUT2D eigenvalue weighted by atomic mass is 16.6. The Morgan fingerprint density at radius 1 is 1.29 bits per heavy atom. The molecule has 0 unspecified atom stereocenters. The van der Waals surface area contributed by atoms with Crippen molar-refractivity contribution < 1.29 is 9.47 Å². The first-order chi connectivity index (χ1) is 10.3. The van der Waals surface area contributed by atoms with Crippen LogP contribution in [0.5, 0.6) is 0 Å². The average molecular weight is 292 g/mol. The molecule has 0 radical (unpaired) electrons. The second kappa shape index (κ2) is 7.15. The molecule has 2 aliphatic heterocycles. The van der Waals surface area contributed by atoms with Crippen LogP contribution >= 0.6 is 0 Å². The first-order valence-electron chi connectivity index (χ1n) is 7.81. The molecule has 1 atom stereocenters. The van der Waals surface area contributed by atoms with Crippen molar-refractivity contribution >= 4 is 5.82 Å². The first-order valence-corrected chi connectivity index (χ1v) is 7.81. The number of rotatable bonds is 4. The SMILES string of the molecule is Cc1nc(NC[C@H]2COCCO2)cc(C2CCNCC2)n1. The third-order valence-electron chi connectivity index (χ3n) is 4.01. The summed E-state index contributed by atoms with van der Waals surface area (Å²) in [5, 5.41) is 6.76. The average Bonchev–Trinajstić information content (AvgIpc) is 2.54. The Kier molecular flexibility index (Phi) is 5.00. The van der Waals surface area contributed by atoms with Crippen molar-refractivity contribution in [1.29, 1.82) is 0 Å². The zero-order chi connectivity index (χ0) is 14.5. The molecule has 1 aromatic rings. The molecule has 1 aromatic heterocycles. The number of nitrogens with zero attached hydrogens (tertiary/aromatic N) is 2. The number of nitrogens with one attached hydrogen (secondary N) is 2. The molecule has 2 fully saturated rings. The molecule has 0 saturated carbocycles. The molecule has 0 aromatic carbocycles. The van der Waals surface area contributed by atoms with E-state index in [0.717, 1.165) is 49.8 Å². The fraction of sp³-hybridized carbons (Fsp3) is 0.733. The van der Waals surface area contributed by atoms with Crippen LogP contribution in [0, 0.1) is 6.92 Å². The normalized spacial score (nSPS) is 24.0. The molecule has 0 spiro atoms. The highest BCUT2D eigenvalue weighted by Gasteiger charge is 2.18. The third kappa shape index (κ3) is 4.12. The summed E-state index contributed by atoms with van der Waals surface area (Å²) < 4.78 is 11.0. The van der Waals surface area contributed by atoms with E-state index in [9.17, 15) is 0 Å². The molecule has 6 nitrogen and oxygen atoms in total. The largest absolute Gasteiger partial charge is 0.376 e. The summed E-state index contributed by atoms with van der Waals surface area (Å²) in [7, 11) is 0. The van der Waals surface area contributed by atoms with Crippen LogP contribution in [0.15, 0.2) is 6.07 Å². The minimum Gasteiger partial charge on any atom is -0.376 e. The van der Waals surface area contributed by atoms with Crippen LogP contribution in [0.2, 0.25) is 0 Å². The van der Waals surface area contributed by atoms with E-state index in [1.54, 1.807) is 0 Å². The molecule has 0 bridgehead atoms. The van der Waals surface area contributed by atoms with Crippen molar-refractivity contribution in [3.05, 3.63) is 17.6 Å². The Bertz CT molecular complexity index is 457. The molecule has 116 valence electrons. The van der Waals surface area contributed by atoms with Gasteiger partial charge in [-0.1, -0.05) is 0 Å². The van der Waals surface area contributed by atoms with Gasteiger partial charge in [0.2, 0.25) is 0 Å². The van der Waals surface area contributed by atoms with E-state index < -0.39 is 0 Å². The summed E-state index contributed by atoms with van der Waals surface area (Å²) in [5.41, 5.74) is 1.16. The van der Waals surface area contributed by atoms with E-state index in [1.165, 1.54) is 0 Å². The second-order valence-corrected chi connectivity index (χ2v) is 5.70. The molecule has 0 amide bonds. The van der Waals surface area contributed by atoms with Crippen molar-refractivity contribution in [2.45, 2.75) is 31.8 Å². The molecule has 0 aliphatic carbocycles. The lowest BCUT2D eigenvalue weighted by atomic mass is 9.94. The maximum atomic E-state index is 5.64. The highest BCUT2D eigenvalue weighted by Crippen LogP contribution is 2.25. The van der Waals surface area contributed by atoms with Crippen molar-refractivity contribution in [3.63, 3.8) is 0 Å². The van der Waals surface area contributed by atoms with E-state index in [0.29, 0.717) is 25.7 Å². The monoisotopic (exact) mass is 292 g/mol. The third-order valence-corrected chi connectivity index (χ3v) is 4.01. The van der Waals surface area contributed by atoms with Crippen LogP contribution in [-0.2, 0) is 9.47 Å². The van der Waals surface area contributed by atoms with Gasteiger partial charge >= 0.3 is 0 Å². The zero-order valence-corrected chi connectivity index (χ0v) is 12.6. The summed E-state index contributed by atoms with van der Waals surface area (Å²) in [6.07, 6.45) is 2.40. The van der Waals surface area contributed by atoms with Gasteiger partial charge in [-0.25, -0.2) is 9.97 Å². The van der Waals surface area contributed by atoms with E-state index in [-0.39, 0.29) is 6.10 Å². The lowest BCUT2D eigenvalue weighted by Gasteiger charge is -2.24. The van der Waals surface area contributed by atoms with E-state index >= 15 is 0 Å². The Labute approximate surface area is 125 Å². The van der Waals surface area contributed by atoms with Crippen LogP contribution in [0.4, 0.5) is 5.82 Å². The van der Waals surface area contributed by atoms with Gasteiger partial charge in [-0.15, -0.1) is 0 Å². The Balaban J connectivity index is 1.62. The topological polar surface area (TPSA) is 68.3 Å². The summed E-state index contributed by atoms with van der Waals surface area (Å²) >= 11 is 0. The molecular weight excluding hydrogens is 268 g/mol. The predicted molar refractivity (Wildman–Crippen MR) is 80.7 cm³/mol. The molecule has 21 heavy (non-hydrogen) atoms. The predicted octanol–water partition coefficient (Wildman–Crippen LogP) is 1.08. The summed E-state index contributed by atoms with van der Waals surface area (Å²) in [4.78, 5) is 9.10. The number of ether oxygens (including phenoxy) is 2. The summed E-state index contributed by atoms with van der Waals surface area (Å²) in [5.74, 6) is 2.27. The first kappa shape index (κ1) is 14.7. The van der Waals surface area contributed by atoms with E-state index in [4.69, 9.17) is 9.47 Å². The number of hydrogen-bond donors (Lipinski definition) is 2. The smallest absolute Gasteiger partial charge is 0.130 e. The minimum atomic E-state index is 0.108. The van der Waals surface area contributed by atoms with Crippen molar-refractivity contribution in [2.75, 3.05) is 44.8 Å². The maximum Gasteiger partial charge on any atom is 0.130 e. The Morgan fingerprint density at radius 3 is 2.90 bits per heavy atom. The number of anilines is 1. The second-order valence-electron chi connectivity index (χ2n) is 5.70. The van der Waals surface area contributed by atoms with Crippen LogP contribution < -0.4 is 10.6 Å². The van der Waals surface area contributed by atoms with Gasteiger partial charge in [0.15, 0.2) is 0 Å². The van der Waals surface area contributed by atoms with Gasteiger partial charge in [0.25, 0.3) is 0 Å². The van der Waals surface area contributed by atoms with Crippen molar-refractivity contribution in [1.82, 2.24) is 15.3 Å². The molecule has 2 aliphatic rings. The molecule has 3 rings (SSSR count). The maximum absolute atomic E-state index is 5.64. The van der Waals surface area contributed by atoms with Crippen molar-refractivity contribution in [2.24, 2.45) is 0 Å². The van der Waals surface area contributed by atoms with Crippen molar-refractivity contribution in [3.8, 4) is 0 Å². The molecule has 2 N–H and O–H groups in total. The van der Waals surface area contributed by atoms with Gasteiger partial charge in [0.1, 0.15) is 11.6 Å². The van der Waals surface area contributed by atoms with Gasteiger partial charge < -0.3 is 20.1 Å². The van der Waals surface area contributed by atoms with Gasteiger partial charge in [-0.05, 0) is 32.9 Å². The van der Waals surface area contributed by atoms with Crippen LogP contribution in [0.3, 0.4) is 0 Å². The van der Waals surface area contributed by atoms with Gasteiger partial charge in [-0.2, -0.15) is 0 Å². The summed E-state index contributed by atoms with van der Waals surface area (Å²) in [6, 6.07) is 2.09. The fourth-order valence-corrected chi connectivity index (χ4v) is 2.88. The fourth-order valence-electron chi connectivity index (χ4n) is 2.88. The van der Waals surface area contributed by atoms with Crippen LogP contribution in [0.25, 0.3) is 0 Å². The molecule has 3 heterocycles. The minimum absolute atomic E-state index is 0.108. The van der Waals surface area contributed by atoms with E-state index in [2.05, 4.69) is 26.7 Å². The molecule has 2 saturated heterocycles. The molecule has 6 heteroatoms. The molecular formula is C15H24N4O2. The van der Waals surface area contributed by atoms with Crippen LogP contribution in [-0.4, -0.2) is 55.5 Å². The van der Waals surface area contributed by atoms with Gasteiger partial charge in [0.05, 0.1) is 25.9 Å². The Morgan fingerprint density at radius 2 is 2.14 bits per heavy atom. The summed E-state index contributed by atoms with van der Waals surface area (Å²) in [6.45, 7) is 6.85.